The third-order valence-corrected chi connectivity index (χ3v) is 4.03. The quantitative estimate of drug-likeness (QED) is 0.865. The molecule has 0 aromatic heterocycles. The molecule has 1 aliphatic rings. The lowest BCUT2D eigenvalue weighted by molar-refractivity contribution is 0.651. The Morgan fingerprint density at radius 3 is 3.13 bits per heavy atom. The second kappa shape index (κ2) is 4.64. The van der Waals surface area contributed by atoms with Gasteiger partial charge in [0.25, 0.3) is 0 Å². The second-order valence-electron chi connectivity index (χ2n) is 3.71. The van der Waals surface area contributed by atoms with Crippen LogP contribution in [0.15, 0.2) is 23.1 Å². The Bertz CT molecular complexity index is 356. The fourth-order valence-corrected chi connectivity index (χ4v) is 3.21. The minimum atomic E-state index is 0.351. The van der Waals surface area contributed by atoms with Crippen molar-refractivity contribution in [2.45, 2.75) is 17.9 Å². The smallest absolute Gasteiger partial charge is 0.0696 e. The molecule has 0 radical (unpaired) electrons. The molecule has 1 atom stereocenters. The number of hydrogen-bond acceptors (Lipinski definition) is 3. The highest BCUT2D eigenvalue weighted by Crippen LogP contribution is 2.40. The summed E-state index contributed by atoms with van der Waals surface area (Å²) < 4.78 is 0. The zero-order valence-corrected chi connectivity index (χ0v) is 10.3. The molecule has 0 bridgehead atoms. The van der Waals surface area contributed by atoms with Crippen LogP contribution in [0.2, 0.25) is 5.02 Å². The van der Waals surface area contributed by atoms with Crippen LogP contribution in [-0.2, 0) is 0 Å². The lowest BCUT2D eigenvalue weighted by atomic mass is 10.2. The Morgan fingerprint density at radius 1 is 1.60 bits per heavy atom. The highest BCUT2D eigenvalue weighted by molar-refractivity contribution is 7.99. The van der Waals surface area contributed by atoms with Crippen LogP contribution >= 0.6 is 23.4 Å². The van der Waals surface area contributed by atoms with E-state index in [0.29, 0.717) is 12.6 Å². The van der Waals surface area contributed by atoms with Crippen LogP contribution in [0.4, 0.5) is 5.69 Å². The van der Waals surface area contributed by atoms with E-state index in [1.165, 1.54) is 4.90 Å². The van der Waals surface area contributed by atoms with Gasteiger partial charge in [-0.15, -0.1) is 11.8 Å². The van der Waals surface area contributed by atoms with Crippen molar-refractivity contribution in [3.63, 3.8) is 0 Å². The predicted octanol–water partition coefficient (Wildman–Crippen LogP) is 2.60. The van der Waals surface area contributed by atoms with Crippen LogP contribution in [0.25, 0.3) is 0 Å². The molecular formula is C11H15ClN2S. The first-order chi connectivity index (χ1) is 7.24. The standard InChI is InChI=1S/C11H15ClN2S/c1-8(7-13)14-5-6-15-10-4-2-3-9(12)11(10)14/h2-4,8H,5-7,13H2,1H3. The maximum absolute atomic E-state index is 6.24. The van der Waals surface area contributed by atoms with E-state index in [2.05, 4.69) is 17.9 Å². The number of hydrogen-bond donors (Lipinski definition) is 1. The van der Waals surface area contributed by atoms with E-state index >= 15 is 0 Å². The molecule has 0 saturated heterocycles. The number of nitrogens with zero attached hydrogens (tertiary/aromatic N) is 1. The van der Waals surface area contributed by atoms with Gasteiger partial charge < -0.3 is 10.6 Å². The van der Waals surface area contributed by atoms with E-state index < -0.39 is 0 Å². The fraction of sp³-hybridized carbons (Fsp3) is 0.455. The summed E-state index contributed by atoms with van der Waals surface area (Å²) in [6, 6.07) is 6.43. The van der Waals surface area contributed by atoms with Crippen LogP contribution < -0.4 is 10.6 Å². The molecule has 1 aromatic carbocycles. The van der Waals surface area contributed by atoms with Gasteiger partial charge in [0.1, 0.15) is 0 Å². The Balaban J connectivity index is 2.40. The summed E-state index contributed by atoms with van der Waals surface area (Å²) in [6.45, 7) is 3.83. The van der Waals surface area contributed by atoms with Crippen molar-refractivity contribution < 1.29 is 0 Å². The number of benzene rings is 1. The normalized spacial score (nSPS) is 17.4. The Hall–Kier alpha value is -0.380. The van der Waals surface area contributed by atoms with E-state index in [0.717, 1.165) is 23.0 Å². The zero-order valence-electron chi connectivity index (χ0n) is 8.74. The number of para-hydroxylation sites is 1. The number of halogens is 1. The monoisotopic (exact) mass is 242 g/mol. The number of anilines is 1. The molecule has 1 heterocycles. The molecule has 1 aliphatic heterocycles. The number of nitrogens with two attached hydrogens (primary N) is 1. The summed E-state index contributed by atoms with van der Waals surface area (Å²) in [5.41, 5.74) is 6.88. The predicted molar refractivity (Wildman–Crippen MR) is 68.0 cm³/mol. The van der Waals surface area contributed by atoms with Crippen molar-refractivity contribution in [1.82, 2.24) is 0 Å². The van der Waals surface area contributed by atoms with Gasteiger partial charge in [-0.1, -0.05) is 17.7 Å². The Labute approximate surface area is 99.8 Å². The maximum atomic E-state index is 6.24. The third-order valence-electron chi connectivity index (χ3n) is 2.70. The molecule has 0 fully saturated rings. The van der Waals surface area contributed by atoms with Crippen LogP contribution in [0.3, 0.4) is 0 Å². The molecular weight excluding hydrogens is 228 g/mol. The average molecular weight is 243 g/mol. The second-order valence-corrected chi connectivity index (χ2v) is 5.26. The van der Waals surface area contributed by atoms with Gasteiger partial charge in [0.15, 0.2) is 0 Å². The van der Waals surface area contributed by atoms with Gasteiger partial charge >= 0.3 is 0 Å². The molecule has 2 nitrogen and oxygen atoms in total. The summed E-state index contributed by atoms with van der Waals surface area (Å²) in [6.07, 6.45) is 0. The molecule has 0 spiro atoms. The van der Waals surface area contributed by atoms with Crippen LogP contribution in [0, 0.1) is 0 Å². The van der Waals surface area contributed by atoms with Crippen molar-refractivity contribution in [2.75, 3.05) is 23.7 Å². The van der Waals surface area contributed by atoms with Crippen molar-refractivity contribution in [3.05, 3.63) is 23.2 Å². The molecule has 0 saturated carbocycles. The summed E-state index contributed by atoms with van der Waals surface area (Å²) in [7, 11) is 0. The van der Waals surface area contributed by atoms with E-state index in [9.17, 15) is 0 Å². The van der Waals surface area contributed by atoms with Gasteiger partial charge in [-0.2, -0.15) is 0 Å². The first kappa shape index (κ1) is 11.1. The first-order valence-corrected chi connectivity index (χ1v) is 6.48. The highest BCUT2D eigenvalue weighted by Gasteiger charge is 2.23. The van der Waals surface area contributed by atoms with Crippen molar-refractivity contribution >= 4 is 29.1 Å². The zero-order chi connectivity index (χ0) is 10.8. The fourth-order valence-electron chi connectivity index (χ4n) is 1.82. The van der Waals surface area contributed by atoms with E-state index in [4.69, 9.17) is 17.3 Å². The first-order valence-electron chi connectivity index (χ1n) is 5.12. The van der Waals surface area contributed by atoms with Crippen LogP contribution in [0.1, 0.15) is 6.92 Å². The minimum absolute atomic E-state index is 0.351. The van der Waals surface area contributed by atoms with Crippen LogP contribution in [-0.4, -0.2) is 24.9 Å². The van der Waals surface area contributed by atoms with Crippen molar-refractivity contribution in [3.8, 4) is 0 Å². The minimum Gasteiger partial charge on any atom is -0.365 e. The molecule has 82 valence electrons. The van der Waals surface area contributed by atoms with Gasteiger partial charge in [-0.3, -0.25) is 0 Å². The van der Waals surface area contributed by atoms with Gasteiger partial charge in [-0.25, -0.2) is 0 Å². The molecule has 2 rings (SSSR count). The molecule has 2 N–H and O–H groups in total. The Morgan fingerprint density at radius 2 is 2.40 bits per heavy atom. The number of thioether (sulfide) groups is 1. The van der Waals surface area contributed by atoms with E-state index in [-0.39, 0.29) is 0 Å². The summed E-state index contributed by atoms with van der Waals surface area (Å²) in [5, 5.41) is 0.833. The van der Waals surface area contributed by atoms with Gasteiger partial charge in [0.05, 0.1) is 10.7 Å². The van der Waals surface area contributed by atoms with Gasteiger partial charge in [-0.05, 0) is 19.1 Å². The lowest BCUT2D eigenvalue weighted by Crippen LogP contribution is -2.41. The average Bonchev–Trinajstić information content (AvgIpc) is 2.28. The van der Waals surface area contributed by atoms with Gasteiger partial charge in [0, 0.05) is 29.8 Å². The van der Waals surface area contributed by atoms with Crippen LogP contribution in [0.5, 0.6) is 0 Å². The molecule has 15 heavy (non-hydrogen) atoms. The van der Waals surface area contributed by atoms with Crippen molar-refractivity contribution in [2.24, 2.45) is 5.73 Å². The molecule has 1 unspecified atom stereocenters. The van der Waals surface area contributed by atoms with Gasteiger partial charge in [0.2, 0.25) is 0 Å². The SMILES string of the molecule is CC(CN)N1CCSc2cccc(Cl)c21. The third kappa shape index (κ3) is 2.10. The maximum Gasteiger partial charge on any atom is 0.0696 e. The summed E-state index contributed by atoms with van der Waals surface area (Å²) in [4.78, 5) is 3.59. The topological polar surface area (TPSA) is 29.3 Å². The van der Waals surface area contributed by atoms with E-state index in [1.807, 2.05) is 23.9 Å². The number of fused-ring (bicyclic) bond motifs is 1. The summed E-state index contributed by atoms with van der Waals surface area (Å²) in [5.74, 6) is 1.11. The highest BCUT2D eigenvalue weighted by atomic mass is 35.5. The molecule has 0 amide bonds. The molecule has 1 aromatic rings. The lowest BCUT2D eigenvalue weighted by Gasteiger charge is -2.36. The summed E-state index contributed by atoms with van der Waals surface area (Å²) >= 11 is 8.11. The molecule has 0 aliphatic carbocycles. The van der Waals surface area contributed by atoms with Crippen molar-refractivity contribution in [1.29, 1.82) is 0 Å². The number of rotatable bonds is 2. The Kier molecular flexibility index (Phi) is 3.44. The largest absolute Gasteiger partial charge is 0.365 e. The molecule has 4 heteroatoms. The van der Waals surface area contributed by atoms with E-state index in [1.54, 1.807) is 0 Å².